The SMILES string of the molecule is CO/C(=C\C=C\c1cc2cc(Cl)c(Cl)cc2[nH]1)C(=O)Nc1cnc(C(C)=O)nc1N. The van der Waals surface area contributed by atoms with E-state index in [0.717, 1.165) is 16.6 Å². The normalized spacial score (nSPS) is 11.8. The number of H-pyrrole nitrogens is 1. The molecule has 0 aliphatic heterocycles. The molecule has 3 aromatic rings. The maximum atomic E-state index is 12.4. The number of nitrogen functional groups attached to an aromatic ring is 1. The van der Waals surface area contributed by atoms with E-state index in [9.17, 15) is 9.59 Å². The van der Waals surface area contributed by atoms with Crippen LogP contribution in [0.3, 0.4) is 0 Å². The molecule has 0 bridgehead atoms. The third kappa shape index (κ3) is 4.79. The van der Waals surface area contributed by atoms with Crippen molar-refractivity contribution in [3.8, 4) is 0 Å². The Kier molecular flexibility index (Phi) is 6.39. The minimum absolute atomic E-state index is 0.0232. The van der Waals surface area contributed by atoms with Gasteiger partial charge in [0.2, 0.25) is 0 Å². The minimum atomic E-state index is -0.553. The lowest BCUT2D eigenvalue weighted by atomic mass is 10.2. The van der Waals surface area contributed by atoms with E-state index < -0.39 is 5.91 Å². The van der Waals surface area contributed by atoms with Gasteiger partial charge in [0.25, 0.3) is 5.91 Å². The van der Waals surface area contributed by atoms with Crippen molar-refractivity contribution in [3.63, 3.8) is 0 Å². The van der Waals surface area contributed by atoms with Gasteiger partial charge >= 0.3 is 0 Å². The zero-order valence-corrected chi connectivity index (χ0v) is 17.5. The van der Waals surface area contributed by atoms with Gasteiger partial charge in [0.1, 0.15) is 5.69 Å². The standard InChI is InChI=1S/C20H17Cl2N5O3/c1-10(28)19-24-9-16(18(23)27-19)26-20(29)17(30-2)5-3-4-12-6-11-7-13(21)14(22)8-15(11)25-12/h3-9,25H,1-2H3,(H,26,29)(H2,23,24,27)/b4-3+,17-5-. The maximum absolute atomic E-state index is 12.4. The molecule has 0 saturated carbocycles. The number of benzene rings is 1. The van der Waals surface area contributed by atoms with Crippen molar-refractivity contribution in [1.29, 1.82) is 0 Å². The number of methoxy groups -OCH3 is 1. The molecule has 2 heterocycles. The number of hydrogen-bond acceptors (Lipinski definition) is 6. The Labute approximate surface area is 181 Å². The molecule has 8 nitrogen and oxygen atoms in total. The first-order chi connectivity index (χ1) is 14.3. The summed E-state index contributed by atoms with van der Waals surface area (Å²) in [6, 6.07) is 5.40. The predicted octanol–water partition coefficient (Wildman–Crippen LogP) is 4.23. The largest absolute Gasteiger partial charge is 0.491 e. The number of allylic oxidation sites excluding steroid dienone is 2. The second kappa shape index (κ2) is 8.98. The van der Waals surface area contributed by atoms with Crippen LogP contribution in [0.2, 0.25) is 10.0 Å². The molecule has 0 aliphatic carbocycles. The molecule has 4 N–H and O–H groups in total. The van der Waals surface area contributed by atoms with Crippen LogP contribution < -0.4 is 11.1 Å². The first-order valence-corrected chi connectivity index (χ1v) is 9.39. The van der Waals surface area contributed by atoms with E-state index >= 15 is 0 Å². The van der Waals surface area contributed by atoms with E-state index in [0.29, 0.717) is 10.0 Å². The number of carbonyl (C=O) groups excluding carboxylic acids is 2. The molecule has 0 aliphatic rings. The predicted molar refractivity (Wildman–Crippen MR) is 118 cm³/mol. The van der Waals surface area contributed by atoms with Gasteiger partial charge in [-0.05, 0) is 30.4 Å². The molecule has 3 rings (SSSR count). The number of halogens is 2. The molecule has 0 saturated heterocycles. The summed E-state index contributed by atoms with van der Waals surface area (Å²) in [5, 5.41) is 4.38. The van der Waals surface area contributed by atoms with E-state index in [4.69, 9.17) is 33.7 Å². The zero-order chi connectivity index (χ0) is 21.8. The van der Waals surface area contributed by atoms with Gasteiger partial charge in [0, 0.05) is 23.5 Å². The summed E-state index contributed by atoms with van der Waals surface area (Å²) in [5.41, 5.74) is 7.56. The Morgan fingerprint density at radius 1 is 1.23 bits per heavy atom. The third-order valence-electron chi connectivity index (χ3n) is 4.03. The van der Waals surface area contributed by atoms with Gasteiger partial charge in [-0.15, -0.1) is 0 Å². The van der Waals surface area contributed by atoms with Crippen LogP contribution in [0, 0.1) is 0 Å². The number of fused-ring (bicyclic) bond motifs is 1. The molecule has 154 valence electrons. The number of nitrogens with zero attached hydrogens (tertiary/aromatic N) is 2. The number of amides is 1. The molecule has 1 aromatic carbocycles. The van der Waals surface area contributed by atoms with Gasteiger partial charge < -0.3 is 20.8 Å². The average molecular weight is 446 g/mol. The summed E-state index contributed by atoms with van der Waals surface area (Å²) in [7, 11) is 1.37. The number of ketones is 1. The summed E-state index contributed by atoms with van der Waals surface area (Å²) in [5.74, 6) is -0.905. The number of carbonyl (C=O) groups is 2. The average Bonchev–Trinajstić information content (AvgIpc) is 3.08. The highest BCUT2D eigenvalue weighted by Gasteiger charge is 2.14. The number of Topliss-reactive ketones (excluding diaryl/α,β-unsaturated/α-hetero) is 1. The van der Waals surface area contributed by atoms with Crippen molar-refractivity contribution >= 4 is 63.4 Å². The number of aromatic nitrogens is 3. The maximum Gasteiger partial charge on any atom is 0.290 e. The van der Waals surface area contributed by atoms with E-state index in [2.05, 4.69) is 20.3 Å². The molecule has 0 unspecified atom stereocenters. The highest BCUT2D eigenvalue weighted by atomic mass is 35.5. The Morgan fingerprint density at radius 3 is 2.63 bits per heavy atom. The van der Waals surface area contributed by atoms with Crippen LogP contribution in [-0.4, -0.2) is 33.8 Å². The smallest absolute Gasteiger partial charge is 0.290 e. The van der Waals surface area contributed by atoms with Crippen molar-refractivity contribution in [3.05, 3.63) is 63.9 Å². The monoisotopic (exact) mass is 445 g/mol. The summed E-state index contributed by atoms with van der Waals surface area (Å²) in [6.45, 7) is 1.32. The first-order valence-electron chi connectivity index (χ1n) is 8.63. The van der Waals surface area contributed by atoms with Gasteiger partial charge in [-0.2, -0.15) is 0 Å². The summed E-state index contributed by atoms with van der Waals surface area (Å²) in [4.78, 5) is 34.6. The number of hydrogen-bond donors (Lipinski definition) is 3. The van der Waals surface area contributed by atoms with Crippen LogP contribution in [0.1, 0.15) is 23.2 Å². The van der Waals surface area contributed by atoms with Crippen LogP contribution in [0.25, 0.3) is 17.0 Å². The fourth-order valence-electron chi connectivity index (χ4n) is 2.56. The van der Waals surface area contributed by atoms with Crippen molar-refractivity contribution in [2.75, 3.05) is 18.2 Å². The van der Waals surface area contributed by atoms with Crippen LogP contribution >= 0.6 is 23.2 Å². The van der Waals surface area contributed by atoms with Crippen LogP contribution in [-0.2, 0) is 9.53 Å². The van der Waals surface area contributed by atoms with Crippen molar-refractivity contribution in [2.24, 2.45) is 0 Å². The fraction of sp³-hybridized carbons (Fsp3) is 0.100. The molecule has 0 fully saturated rings. The molecule has 0 atom stereocenters. The van der Waals surface area contributed by atoms with Gasteiger partial charge in [-0.3, -0.25) is 9.59 Å². The van der Waals surface area contributed by atoms with Crippen LogP contribution in [0.15, 0.2) is 42.3 Å². The Hall–Kier alpha value is -3.36. The topological polar surface area (TPSA) is 123 Å². The number of ether oxygens (including phenoxy) is 1. The molecule has 10 heteroatoms. The Morgan fingerprint density at radius 2 is 1.97 bits per heavy atom. The quantitative estimate of drug-likeness (QED) is 0.225. The van der Waals surface area contributed by atoms with Gasteiger partial charge in [0.15, 0.2) is 23.2 Å². The Balaban J connectivity index is 1.75. The molecule has 1 amide bonds. The van der Waals surface area contributed by atoms with Gasteiger partial charge in [0.05, 0.1) is 23.4 Å². The third-order valence-corrected chi connectivity index (χ3v) is 4.75. The first kappa shape index (κ1) is 21.4. The molecule has 2 aromatic heterocycles. The second-order valence-corrected chi connectivity index (χ2v) is 6.99. The van der Waals surface area contributed by atoms with Gasteiger partial charge in [-0.25, -0.2) is 9.97 Å². The molecule has 30 heavy (non-hydrogen) atoms. The number of anilines is 2. The Bertz CT molecular complexity index is 1160. The number of rotatable bonds is 6. The highest BCUT2D eigenvalue weighted by Crippen LogP contribution is 2.28. The van der Waals surface area contributed by atoms with E-state index in [-0.39, 0.29) is 28.9 Å². The molecule has 0 spiro atoms. The highest BCUT2D eigenvalue weighted by molar-refractivity contribution is 6.42. The number of aromatic amines is 1. The lowest BCUT2D eigenvalue weighted by molar-refractivity contribution is -0.115. The van der Waals surface area contributed by atoms with E-state index in [1.807, 2.05) is 6.07 Å². The lowest BCUT2D eigenvalue weighted by Gasteiger charge is -2.09. The fourth-order valence-corrected chi connectivity index (χ4v) is 2.90. The minimum Gasteiger partial charge on any atom is -0.491 e. The second-order valence-electron chi connectivity index (χ2n) is 6.18. The van der Waals surface area contributed by atoms with Crippen molar-refractivity contribution in [2.45, 2.75) is 6.92 Å². The van der Waals surface area contributed by atoms with Crippen molar-refractivity contribution in [1.82, 2.24) is 15.0 Å². The lowest BCUT2D eigenvalue weighted by Crippen LogP contribution is -2.18. The summed E-state index contributed by atoms with van der Waals surface area (Å²) in [6.07, 6.45) is 6.15. The molecular formula is C20H17Cl2N5O3. The molecule has 0 radical (unpaired) electrons. The molecular weight excluding hydrogens is 429 g/mol. The number of nitrogens with two attached hydrogens (primary N) is 1. The van der Waals surface area contributed by atoms with Crippen molar-refractivity contribution < 1.29 is 14.3 Å². The summed E-state index contributed by atoms with van der Waals surface area (Å²) < 4.78 is 5.13. The van der Waals surface area contributed by atoms with Crippen LogP contribution in [0.4, 0.5) is 11.5 Å². The van der Waals surface area contributed by atoms with Gasteiger partial charge in [-0.1, -0.05) is 29.3 Å². The zero-order valence-electron chi connectivity index (χ0n) is 16.0. The van der Waals surface area contributed by atoms with Crippen LogP contribution in [0.5, 0.6) is 0 Å². The summed E-state index contributed by atoms with van der Waals surface area (Å²) >= 11 is 12.1. The van der Waals surface area contributed by atoms with E-state index in [1.54, 1.807) is 24.3 Å². The van der Waals surface area contributed by atoms with E-state index in [1.165, 1.54) is 26.3 Å². The number of nitrogens with one attached hydrogen (secondary N) is 2.